The lowest BCUT2D eigenvalue weighted by Gasteiger charge is -2.33. The minimum atomic E-state index is -4.35. The van der Waals surface area contributed by atoms with Crippen molar-refractivity contribution in [1.82, 2.24) is 4.90 Å². The van der Waals surface area contributed by atoms with E-state index in [1.807, 2.05) is 0 Å². The van der Waals surface area contributed by atoms with Gasteiger partial charge in [0.1, 0.15) is 12.4 Å². The van der Waals surface area contributed by atoms with Crippen molar-refractivity contribution in [3.8, 4) is 0 Å². The summed E-state index contributed by atoms with van der Waals surface area (Å²) in [5.41, 5.74) is 0.513. The summed E-state index contributed by atoms with van der Waals surface area (Å²) in [6, 6.07) is 5.19. The zero-order chi connectivity index (χ0) is 18.6. The Morgan fingerprint density at radius 2 is 1.80 bits per heavy atom. The van der Waals surface area contributed by atoms with E-state index in [9.17, 15) is 27.2 Å². The predicted octanol–water partition coefficient (Wildman–Crippen LogP) is 3.61. The fraction of sp³-hybridized carbons (Fsp3) is 0.529. The Balaban J connectivity index is 2.11. The lowest BCUT2D eigenvalue weighted by atomic mass is 9.80. The second kappa shape index (κ2) is 7.84. The Morgan fingerprint density at radius 1 is 1.16 bits per heavy atom. The first kappa shape index (κ1) is 19.2. The van der Waals surface area contributed by atoms with E-state index in [1.54, 1.807) is 0 Å². The molecule has 2 atom stereocenters. The Bertz CT molecular complexity index is 615. The van der Waals surface area contributed by atoms with Crippen LogP contribution in [-0.2, 0) is 16.1 Å². The molecule has 2 rings (SSSR count). The van der Waals surface area contributed by atoms with E-state index in [0.717, 1.165) is 4.90 Å². The summed E-state index contributed by atoms with van der Waals surface area (Å²) < 4.78 is 51.7. The average Bonchev–Trinajstić information content (AvgIpc) is 2.54. The third-order valence-corrected chi connectivity index (χ3v) is 4.41. The fourth-order valence-corrected chi connectivity index (χ4v) is 3.15. The van der Waals surface area contributed by atoms with Gasteiger partial charge in [0.25, 0.3) is 0 Å². The number of amides is 1. The average molecular weight is 361 g/mol. The molecule has 1 aliphatic carbocycles. The van der Waals surface area contributed by atoms with Gasteiger partial charge in [-0.2, -0.15) is 13.2 Å². The summed E-state index contributed by atoms with van der Waals surface area (Å²) in [4.78, 5) is 24.7. The van der Waals surface area contributed by atoms with Gasteiger partial charge in [0.05, 0.1) is 5.92 Å². The highest BCUT2D eigenvalue weighted by Gasteiger charge is 2.44. The number of carboxylic acid groups (broad SMARTS) is 1. The van der Waals surface area contributed by atoms with Crippen molar-refractivity contribution < 1.29 is 32.3 Å². The molecule has 8 heteroatoms. The third kappa shape index (κ3) is 5.44. The van der Waals surface area contributed by atoms with Crippen molar-refractivity contribution in [2.75, 3.05) is 6.54 Å². The standard InChI is InChI=1S/C17H19F4NO3/c18-14-6-4-11(5-7-14)9-22(10-15(23)24)16(25)12-2-1-3-13(8-12)17(19,20)21/h4-7,12-13H,1-3,8-10H2,(H,23,24). The van der Waals surface area contributed by atoms with Gasteiger partial charge >= 0.3 is 12.1 Å². The van der Waals surface area contributed by atoms with Gasteiger partial charge in [-0.3, -0.25) is 9.59 Å². The van der Waals surface area contributed by atoms with Crippen molar-refractivity contribution in [3.05, 3.63) is 35.6 Å². The SMILES string of the molecule is O=C(O)CN(Cc1ccc(F)cc1)C(=O)C1CCCC(C(F)(F)F)C1. The van der Waals surface area contributed by atoms with Crippen LogP contribution >= 0.6 is 0 Å². The van der Waals surface area contributed by atoms with Crippen molar-refractivity contribution >= 4 is 11.9 Å². The van der Waals surface area contributed by atoms with Crippen LogP contribution in [0.5, 0.6) is 0 Å². The molecule has 1 saturated carbocycles. The zero-order valence-electron chi connectivity index (χ0n) is 13.4. The molecule has 1 fully saturated rings. The molecule has 1 N–H and O–H groups in total. The van der Waals surface area contributed by atoms with Crippen molar-refractivity contribution in [1.29, 1.82) is 0 Å². The van der Waals surface area contributed by atoms with Gasteiger partial charge in [0.15, 0.2) is 0 Å². The first-order valence-electron chi connectivity index (χ1n) is 7.98. The Hall–Kier alpha value is -2.12. The highest BCUT2D eigenvalue weighted by atomic mass is 19.4. The number of carboxylic acids is 1. The van der Waals surface area contributed by atoms with E-state index in [1.165, 1.54) is 24.3 Å². The number of carbonyl (C=O) groups is 2. The highest BCUT2D eigenvalue weighted by Crippen LogP contribution is 2.40. The normalized spacial score (nSPS) is 21.0. The molecule has 0 heterocycles. The zero-order valence-corrected chi connectivity index (χ0v) is 13.4. The number of alkyl halides is 3. The van der Waals surface area contributed by atoms with Crippen molar-refractivity contribution in [3.63, 3.8) is 0 Å². The van der Waals surface area contributed by atoms with Crippen LogP contribution < -0.4 is 0 Å². The molecule has 0 spiro atoms. The van der Waals surface area contributed by atoms with Crippen LogP contribution in [0, 0.1) is 17.7 Å². The van der Waals surface area contributed by atoms with E-state index >= 15 is 0 Å². The van der Waals surface area contributed by atoms with E-state index < -0.39 is 42.3 Å². The van der Waals surface area contributed by atoms with Gasteiger partial charge in [0.2, 0.25) is 5.91 Å². The summed E-state index contributed by atoms with van der Waals surface area (Å²) in [6.45, 7) is -0.692. The number of rotatable bonds is 5. The molecular formula is C17H19F4NO3. The lowest BCUT2D eigenvalue weighted by Crippen LogP contribution is -2.42. The summed E-state index contributed by atoms with van der Waals surface area (Å²) in [5, 5.41) is 9.00. The van der Waals surface area contributed by atoms with Gasteiger partial charge in [0, 0.05) is 12.5 Å². The van der Waals surface area contributed by atoms with Crippen LogP contribution in [0.25, 0.3) is 0 Å². The fourth-order valence-electron chi connectivity index (χ4n) is 3.15. The van der Waals surface area contributed by atoms with Crippen LogP contribution in [-0.4, -0.2) is 34.6 Å². The van der Waals surface area contributed by atoms with Crippen molar-refractivity contribution in [2.24, 2.45) is 11.8 Å². The summed E-state index contributed by atoms with van der Waals surface area (Å²) >= 11 is 0. The molecule has 25 heavy (non-hydrogen) atoms. The molecule has 0 saturated heterocycles. The molecule has 0 bridgehead atoms. The molecule has 1 amide bonds. The lowest BCUT2D eigenvalue weighted by molar-refractivity contribution is -0.187. The number of carbonyl (C=O) groups excluding carboxylic acids is 1. The summed E-state index contributed by atoms with van der Waals surface area (Å²) in [5.74, 6) is -4.70. The molecule has 1 aromatic carbocycles. The number of aliphatic carboxylic acids is 1. The highest BCUT2D eigenvalue weighted by molar-refractivity contribution is 5.83. The van der Waals surface area contributed by atoms with E-state index in [2.05, 4.69) is 0 Å². The quantitative estimate of drug-likeness (QED) is 0.815. The second-order valence-electron chi connectivity index (χ2n) is 6.32. The second-order valence-corrected chi connectivity index (χ2v) is 6.32. The van der Waals surface area contributed by atoms with Crippen LogP contribution in [0.2, 0.25) is 0 Å². The maximum atomic E-state index is 13.0. The van der Waals surface area contributed by atoms with Crippen molar-refractivity contribution in [2.45, 2.75) is 38.4 Å². The molecular weight excluding hydrogens is 342 g/mol. The largest absolute Gasteiger partial charge is 0.480 e. The first-order chi connectivity index (χ1) is 11.7. The molecule has 138 valence electrons. The monoisotopic (exact) mass is 361 g/mol. The molecule has 0 aliphatic heterocycles. The Labute approximate surface area is 142 Å². The first-order valence-corrected chi connectivity index (χ1v) is 7.98. The molecule has 4 nitrogen and oxygen atoms in total. The van der Waals surface area contributed by atoms with Crippen LogP contribution in [0.15, 0.2) is 24.3 Å². The summed E-state index contributed by atoms with van der Waals surface area (Å²) in [6.07, 6.45) is -4.09. The van der Waals surface area contributed by atoms with Gasteiger partial charge in [-0.15, -0.1) is 0 Å². The predicted molar refractivity (Wildman–Crippen MR) is 81.0 cm³/mol. The molecule has 0 aromatic heterocycles. The number of hydrogen-bond donors (Lipinski definition) is 1. The number of halogens is 4. The minimum absolute atomic E-state index is 0.00975. The van der Waals surface area contributed by atoms with E-state index in [-0.39, 0.29) is 25.8 Å². The van der Waals surface area contributed by atoms with Gasteiger partial charge in [-0.1, -0.05) is 18.6 Å². The molecule has 2 unspecified atom stereocenters. The number of hydrogen-bond acceptors (Lipinski definition) is 2. The maximum absolute atomic E-state index is 13.0. The van der Waals surface area contributed by atoms with Crippen LogP contribution in [0.3, 0.4) is 0 Å². The smallest absolute Gasteiger partial charge is 0.391 e. The molecule has 0 radical (unpaired) electrons. The van der Waals surface area contributed by atoms with E-state index in [4.69, 9.17) is 5.11 Å². The van der Waals surface area contributed by atoms with Gasteiger partial charge in [-0.05, 0) is 37.0 Å². The number of nitrogens with zero attached hydrogens (tertiary/aromatic N) is 1. The topological polar surface area (TPSA) is 57.6 Å². The van der Waals surface area contributed by atoms with Crippen LogP contribution in [0.4, 0.5) is 17.6 Å². The Kier molecular flexibility index (Phi) is 6.02. The van der Waals surface area contributed by atoms with Gasteiger partial charge in [-0.25, -0.2) is 4.39 Å². The minimum Gasteiger partial charge on any atom is -0.480 e. The van der Waals surface area contributed by atoms with Gasteiger partial charge < -0.3 is 10.0 Å². The maximum Gasteiger partial charge on any atom is 0.391 e. The van der Waals surface area contributed by atoms with Crippen LogP contribution in [0.1, 0.15) is 31.2 Å². The Morgan fingerprint density at radius 3 is 2.36 bits per heavy atom. The number of benzene rings is 1. The molecule has 1 aromatic rings. The third-order valence-electron chi connectivity index (χ3n) is 4.41. The molecule has 1 aliphatic rings. The summed E-state index contributed by atoms with van der Waals surface area (Å²) in [7, 11) is 0. The van der Waals surface area contributed by atoms with E-state index in [0.29, 0.717) is 12.0 Å².